The Hall–Kier alpha value is -2.57. The molecule has 2 rings (SSSR count). The first-order valence-corrected chi connectivity index (χ1v) is 5.94. The summed E-state index contributed by atoms with van der Waals surface area (Å²) in [5, 5.41) is 3.72. The van der Waals surface area contributed by atoms with Crippen LogP contribution in [0.25, 0.3) is 11.4 Å². The topological polar surface area (TPSA) is 77.6 Å². The SMILES string of the molecule is COc1ccc(-c2noc(=O)n2CC(=O)N(C)C)cc1. The molecular weight excluding hydrogens is 262 g/mol. The van der Waals surface area contributed by atoms with Gasteiger partial charge in [-0.1, -0.05) is 5.16 Å². The average Bonchev–Trinajstić information content (AvgIpc) is 2.80. The van der Waals surface area contributed by atoms with E-state index in [1.807, 2.05) is 0 Å². The number of methoxy groups -OCH3 is 1. The Morgan fingerprint density at radius 2 is 2.00 bits per heavy atom. The first kappa shape index (κ1) is 13.9. The lowest BCUT2D eigenvalue weighted by molar-refractivity contribution is -0.129. The highest BCUT2D eigenvalue weighted by Gasteiger charge is 2.16. The summed E-state index contributed by atoms with van der Waals surface area (Å²) < 4.78 is 10.9. The molecule has 0 aliphatic heterocycles. The molecule has 0 radical (unpaired) electrons. The minimum absolute atomic E-state index is 0.114. The Kier molecular flexibility index (Phi) is 3.88. The van der Waals surface area contributed by atoms with Crippen molar-refractivity contribution in [1.82, 2.24) is 14.6 Å². The number of carbonyl (C=O) groups excluding carboxylic acids is 1. The van der Waals surface area contributed by atoms with Crippen LogP contribution in [0.3, 0.4) is 0 Å². The molecule has 106 valence electrons. The molecule has 0 aliphatic carbocycles. The highest BCUT2D eigenvalue weighted by atomic mass is 16.5. The molecule has 0 bridgehead atoms. The molecule has 1 amide bonds. The number of hydrogen-bond donors (Lipinski definition) is 0. The minimum Gasteiger partial charge on any atom is -0.497 e. The van der Waals surface area contributed by atoms with E-state index < -0.39 is 5.76 Å². The number of ether oxygens (including phenoxy) is 1. The van der Waals surface area contributed by atoms with E-state index in [9.17, 15) is 9.59 Å². The van der Waals surface area contributed by atoms with Gasteiger partial charge in [0, 0.05) is 19.7 Å². The number of aromatic nitrogens is 2. The van der Waals surface area contributed by atoms with Gasteiger partial charge >= 0.3 is 5.76 Å². The Balaban J connectivity index is 2.37. The summed E-state index contributed by atoms with van der Waals surface area (Å²) in [6, 6.07) is 6.97. The number of nitrogens with zero attached hydrogens (tertiary/aromatic N) is 3. The zero-order chi connectivity index (χ0) is 14.7. The largest absolute Gasteiger partial charge is 0.497 e. The highest BCUT2D eigenvalue weighted by molar-refractivity contribution is 5.76. The molecule has 1 aromatic carbocycles. The molecule has 0 N–H and O–H groups in total. The van der Waals surface area contributed by atoms with E-state index in [0.29, 0.717) is 17.1 Å². The number of hydrogen-bond acceptors (Lipinski definition) is 5. The van der Waals surface area contributed by atoms with Crippen LogP contribution in [0.4, 0.5) is 0 Å². The predicted octanol–water partition coefficient (Wildman–Crippen LogP) is 0.600. The van der Waals surface area contributed by atoms with Crippen LogP contribution in [-0.4, -0.2) is 41.7 Å². The van der Waals surface area contributed by atoms with Crippen molar-refractivity contribution >= 4 is 5.91 Å². The Morgan fingerprint density at radius 1 is 1.35 bits per heavy atom. The first-order valence-electron chi connectivity index (χ1n) is 5.94. The van der Waals surface area contributed by atoms with E-state index in [4.69, 9.17) is 4.74 Å². The summed E-state index contributed by atoms with van der Waals surface area (Å²) in [5.74, 6) is 0.124. The number of rotatable bonds is 4. The van der Waals surface area contributed by atoms with Crippen molar-refractivity contribution in [3.05, 3.63) is 34.8 Å². The average molecular weight is 277 g/mol. The van der Waals surface area contributed by atoms with Gasteiger partial charge in [0.1, 0.15) is 12.3 Å². The Morgan fingerprint density at radius 3 is 2.55 bits per heavy atom. The molecule has 1 heterocycles. The van der Waals surface area contributed by atoms with Crippen LogP contribution in [0, 0.1) is 0 Å². The van der Waals surface area contributed by atoms with Crippen molar-refractivity contribution in [3.63, 3.8) is 0 Å². The maximum Gasteiger partial charge on any atom is 0.442 e. The van der Waals surface area contributed by atoms with Gasteiger partial charge in [0.15, 0.2) is 5.82 Å². The maximum absolute atomic E-state index is 11.7. The van der Waals surface area contributed by atoms with Gasteiger partial charge in [0.2, 0.25) is 5.91 Å². The summed E-state index contributed by atoms with van der Waals surface area (Å²) >= 11 is 0. The van der Waals surface area contributed by atoms with Crippen LogP contribution < -0.4 is 10.5 Å². The quantitative estimate of drug-likeness (QED) is 0.817. The molecule has 7 heteroatoms. The standard InChI is InChI=1S/C13H15N3O4/c1-15(2)11(17)8-16-12(14-20-13(16)18)9-4-6-10(19-3)7-5-9/h4-7H,8H2,1-3H3. The van der Waals surface area contributed by atoms with E-state index in [-0.39, 0.29) is 12.5 Å². The summed E-state index contributed by atoms with van der Waals surface area (Å²) in [5.41, 5.74) is 0.670. The molecular formula is C13H15N3O4. The molecule has 1 aromatic heterocycles. The lowest BCUT2D eigenvalue weighted by Gasteiger charge is -2.10. The molecule has 2 aromatic rings. The molecule has 0 fully saturated rings. The lowest BCUT2D eigenvalue weighted by atomic mass is 10.2. The van der Waals surface area contributed by atoms with E-state index in [1.54, 1.807) is 45.5 Å². The smallest absolute Gasteiger partial charge is 0.442 e. The third-order valence-corrected chi connectivity index (χ3v) is 2.83. The second-order valence-electron chi connectivity index (χ2n) is 4.37. The normalized spacial score (nSPS) is 10.3. The molecule has 7 nitrogen and oxygen atoms in total. The summed E-state index contributed by atoms with van der Waals surface area (Å²) in [6.07, 6.45) is 0. The lowest BCUT2D eigenvalue weighted by Crippen LogP contribution is -2.30. The van der Waals surface area contributed by atoms with Gasteiger partial charge < -0.3 is 9.64 Å². The third kappa shape index (κ3) is 2.71. The number of carbonyl (C=O) groups is 1. The van der Waals surface area contributed by atoms with E-state index >= 15 is 0 Å². The monoisotopic (exact) mass is 277 g/mol. The Bertz CT molecular complexity index is 655. The van der Waals surface area contributed by atoms with E-state index in [2.05, 4.69) is 9.68 Å². The van der Waals surface area contributed by atoms with Crippen LogP contribution in [0.2, 0.25) is 0 Å². The number of benzene rings is 1. The molecule has 0 spiro atoms. The number of amides is 1. The van der Waals surface area contributed by atoms with Gasteiger partial charge in [-0.3, -0.25) is 9.32 Å². The van der Waals surface area contributed by atoms with Gasteiger partial charge in [-0.15, -0.1) is 0 Å². The predicted molar refractivity (Wildman–Crippen MR) is 71.4 cm³/mol. The maximum atomic E-state index is 11.7. The molecule has 0 atom stereocenters. The van der Waals surface area contributed by atoms with Crippen LogP contribution in [-0.2, 0) is 11.3 Å². The zero-order valence-electron chi connectivity index (χ0n) is 11.5. The van der Waals surface area contributed by atoms with Gasteiger partial charge in [0.25, 0.3) is 0 Å². The van der Waals surface area contributed by atoms with Crippen LogP contribution in [0.1, 0.15) is 0 Å². The molecule has 20 heavy (non-hydrogen) atoms. The molecule has 0 aliphatic rings. The van der Waals surface area contributed by atoms with E-state index in [0.717, 1.165) is 0 Å². The first-order chi connectivity index (χ1) is 9.52. The van der Waals surface area contributed by atoms with Crippen molar-refractivity contribution in [3.8, 4) is 17.1 Å². The van der Waals surface area contributed by atoms with Gasteiger partial charge in [-0.2, -0.15) is 0 Å². The fourth-order valence-electron chi connectivity index (χ4n) is 1.63. The minimum atomic E-state index is -0.661. The second kappa shape index (κ2) is 5.60. The summed E-state index contributed by atoms with van der Waals surface area (Å²) in [6.45, 7) is -0.114. The van der Waals surface area contributed by atoms with Crippen LogP contribution in [0.15, 0.2) is 33.6 Å². The molecule has 0 saturated heterocycles. The summed E-state index contributed by atoms with van der Waals surface area (Å²) in [4.78, 5) is 24.8. The summed E-state index contributed by atoms with van der Waals surface area (Å²) in [7, 11) is 4.80. The van der Waals surface area contributed by atoms with Crippen molar-refractivity contribution in [2.24, 2.45) is 0 Å². The Labute approximate surface area is 115 Å². The van der Waals surface area contributed by atoms with Gasteiger partial charge in [0.05, 0.1) is 7.11 Å². The van der Waals surface area contributed by atoms with Crippen LogP contribution >= 0.6 is 0 Å². The van der Waals surface area contributed by atoms with E-state index in [1.165, 1.54) is 9.47 Å². The molecule has 0 saturated carbocycles. The molecule has 0 unspecified atom stereocenters. The fraction of sp³-hybridized carbons (Fsp3) is 0.308. The van der Waals surface area contributed by atoms with Crippen molar-refractivity contribution in [2.75, 3.05) is 21.2 Å². The third-order valence-electron chi connectivity index (χ3n) is 2.83. The van der Waals surface area contributed by atoms with Crippen molar-refractivity contribution in [2.45, 2.75) is 6.54 Å². The van der Waals surface area contributed by atoms with Gasteiger partial charge in [-0.05, 0) is 24.3 Å². The van der Waals surface area contributed by atoms with Crippen LogP contribution in [0.5, 0.6) is 5.75 Å². The fourth-order valence-corrected chi connectivity index (χ4v) is 1.63. The number of likely N-dealkylation sites (N-methyl/N-ethyl adjacent to an activating group) is 1. The van der Waals surface area contributed by atoms with Crippen molar-refractivity contribution in [1.29, 1.82) is 0 Å². The highest BCUT2D eigenvalue weighted by Crippen LogP contribution is 2.19. The second-order valence-corrected chi connectivity index (χ2v) is 4.37. The zero-order valence-corrected chi connectivity index (χ0v) is 11.5. The van der Waals surface area contributed by atoms with Gasteiger partial charge in [-0.25, -0.2) is 9.36 Å². The van der Waals surface area contributed by atoms with Crippen molar-refractivity contribution < 1.29 is 14.1 Å².